The van der Waals surface area contributed by atoms with Crippen LogP contribution >= 0.6 is 11.6 Å². The highest BCUT2D eigenvalue weighted by Crippen LogP contribution is 2.36. The van der Waals surface area contributed by atoms with Gasteiger partial charge in [-0.15, -0.1) is 0 Å². The maximum Gasteiger partial charge on any atom is 0.310 e. The van der Waals surface area contributed by atoms with Gasteiger partial charge in [0.25, 0.3) is 0 Å². The fourth-order valence-electron chi connectivity index (χ4n) is 2.44. The van der Waals surface area contributed by atoms with Gasteiger partial charge in [0.15, 0.2) is 0 Å². The Labute approximate surface area is 127 Å². The maximum absolute atomic E-state index is 12.2. The SMILES string of the molecule is CCNC(=O)C1CNCCN1c1cccc(Cl)c1[N+](=O)[O-]. The highest BCUT2D eigenvalue weighted by molar-refractivity contribution is 6.33. The number of carbonyl (C=O) groups excluding carboxylic acids is 1. The highest BCUT2D eigenvalue weighted by Gasteiger charge is 2.33. The summed E-state index contributed by atoms with van der Waals surface area (Å²) in [7, 11) is 0. The van der Waals surface area contributed by atoms with Gasteiger partial charge in [0, 0.05) is 26.2 Å². The first-order valence-corrected chi connectivity index (χ1v) is 7.12. The van der Waals surface area contributed by atoms with E-state index in [2.05, 4.69) is 10.6 Å². The lowest BCUT2D eigenvalue weighted by molar-refractivity contribution is -0.384. The van der Waals surface area contributed by atoms with Crippen LogP contribution in [-0.2, 0) is 4.79 Å². The van der Waals surface area contributed by atoms with Crippen molar-refractivity contribution in [3.05, 3.63) is 33.3 Å². The molecular formula is C13H17ClN4O3. The molecule has 0 aliphatic carbocycles. The van der Waals surface area contributed by atoms with E-state index in [1.165, 1.54) is 6.07 Å². The quantitative estimate of drug-likeness (QED) is 0.643. The lowest BCUT2D eigenvalue weighted by Gasteiger charge is -2.36. The molecule has 1 atom stereocenters. The van der Waals surface area contributed by atoms with Gasteiger partial charge in [-0.1, -0.05) is 17.7 Å². The van der Waals surface area contributed by atoms with Crippen LogP contribution in [0.25, 0.3) is 0 Å². The number of nitrogens with zero attached hydrogens (tertiary/aromatic N) is 2. The van der Waals surface area contributed by atoms with E-state index in [9.17, 15) is 14.9 Å². The van der Waals surface area contributed by atoms with Crippen molar-refractivity contribution in [1.82, 2.24) is 10.6 Å². The Morgan fingerprint density at radius 1 is 1.62 bits per heavy atom. The molecule has 1 saturated heterocycles. The van der Waals surface area contributed by atoms with Crippen LogP contribution in [0.1, 0.15) is 6.92 Å². The van der Waals surface area contributed by atoms with Gasteiger partial charge in [0.2, 0.25) is 5.91 Å². The number of anilines is 1. The molecule has 2 N–H and O–H groups in total. The Morgan fingerprint density at radius 3 is 3.05 bits per heavy atom. The molecule has 1 amide bonds. The number of halogens is 1. The summed E-state index contributed by atoms with van der Waals surface area (Å²) in [6, 6.07) is 4.27. The number of para-hydroxylation sites is 1. The minimum Gasteiger partial charge on any atom is -0.355 e. The third kappa shape index (κ3) is 3.25. The molecule has 7 nitrogen and oxygen atoms in total. The van der Waals surface area contributed by atoms with Crippen LogP contribution in [0, 0.1) is 10.1 Å². The van der Waals surface area contributed by atoms with E-state index >= 15 is 0 Å². The second-order valence-electron chi connectivity index (χ2n) is 4.67. The number of rotatable bonds is 4. The number of hydrogen-bond acceptors (Lipinski definition) is 5. The van der Waals surface area contributed by atoms with Crippen LogP contribution < -0.4 is 15.5 Å². The molecule has 0 aromatic heterocycles. The summed E-state index contributed by atoms with van der Waals surface area (Å²) in [6.07, 6.45) is 0. The Bertz CT molecular complexity index is 552. The number of piperazine rings is 1. The number of likely N-dealkylation sites (N-methyl/N-ethyl adjacent to an activating group) is 1. The van der Waals surface area contributed by atoms with Crippen molar-refractivity contribution in [2.45, 2.75) is 13.0 Å². The molecule has 8 heteroatoms. The van der Waals surface area contributed by atoms with Crippen molar-refractivity contribution in [1.29, 1.82) is 0 Å². The van der Waals surface area contributed by atoms with Crippen LogP contribution in [-0.4, -0.2) is 43.1 Å². The van der Waals surface area contributed by atoms with Crippen LogP contribution in [0.3, 0.4) is 0 Å². The summed E-state index contributed by atoms with van der Waals surface area (Å²) in [5.41, 5.74) is 0.223. The van der Waals surface area contributed by atoms with Gasteiger partial charge in [-0.3, -0.25) is 14.9 Å². The minimum absolute atomic E-state index is 0.0747. The van der Waals surface area contributed by atoms with Gasteiger partial charge in [-0.25, -0.2) is 0 Å². The average Bonchev–Trinajstić information content (AvgIpc) is 2.47. The zero-order valence-electron chi connectivity index (χ0n) is 11.6. The summed E-state index contributed by atoms with van der Waals surface area (Å²) in [5.74, 6) is -0.154. The molecule has 0 radical (unpaired) electrons. The van der Waals surface area contributed by atoms with Crippen LogP contribution in [0.15, 0.2) is 18.2 Å². The topological polar surface area (TPSA) is 87.5 Å². The fraction of sp³-hybridized carbons (Fsp3) is 0.462. The largest absolute Gasteiger partial charge is 0.355 e. The number of nitrogens with one attached hydrogen (secondary N) is 2. The molecule has 1 fully saturated rings. The predicted molar refractivity (Wildman–Crippen MR) is 80.8 cm³/mol. The number of carbonyl (C=O) groups is 1. The molecule has 1 aliphatic heterocycles. The smallest absolute Gasteiger partial charge is 0.310 e. The Morgan fingerprint density at radius 2 is 2.38 bits per heavy atom. The van der Waals surface area contributed by atoms with E-state index in [4.69, 9.17) is 11.6 Å². The average molecular weight is 313 g/mol. The molecular weight excluding hydrogens is 296 g/mol. The molecule has 2 rings (SSSR count). The zero-order valence-corrected chi connectivity index (χ0v) is 12.4. The number of benzene rings is 1. The monoisotopic (exact) mass is 312 g/mol. The third-order valence-corrected chi connectivity index (χ3v) is 3.66. The lowest BCUT2D eigenvalue weighted by Crippen LogP contribution is -2.58. The van der Waals surface area contributed by atoms with Crippen LogP contribution in [0.5, 0.6) is 0 Å². The van der Waals surface area contributed by atoms with E-state index in [0.29, 0.717) is 31.9 Å². The molecule has 0 saturated carbocycles. The van der Waals surface area contributed by atoms with Gasteiger partial charge >= 0.3 is 5.69 Å². The molecule has 1 aliphatic rings. The molecule has 1 aromatic rings. The van der Waals surface area contributed by atoms with Crippen molar-refractivity contribution < 1.29 is 9.72 Å². The predicted octanol–water partition coefficient (Wildman–Crippen LogP) is 1.16. The third-order valence-electron chi connectivity index (χ3n) is 3.35. The van der Waals surface area contributed by atoms with Crippen molar-refractivity contribution in [3.63, 3.8) is 0 Å². The van der Waals surface area contributed by atoms with Crippen LogP contribution in [0.2, 0.25) is 5.02 Å². The zero-order chi connectivity index (χ0) is 15.4. The molecule has 1 heterocycles. The van der Waals surface area contributed by atoms with E-state index in [1.54, 1.807) is 17.0 Å². The molecule has 0 spiro atoms. The minimum atomic E-state index is -0.505. The van der Waals surface area contributed by atoms with E-state index in [0.717, 1.165) is 0 Å². The van der Waals surface area contributed by atoms with E-state index in [1.807, 2.05) is 6.92 Å². The van der Waals surface area contributed by atoms with Crippen molar-refractivity contribution >= 4 is 28.9 Å². The highest BCUT2D eigenvalue weighted by atomic mass is 35.5. The first-order valence-electron chi connectivity index (χ1n) is 6.74. The molecule has 21 heavy (non-hydrogen) atoms. The second kappa shape index (κ2) is 6.73. The van der Waals surface area contributed by atoms with Crippen LogP contribution in [0.4, 0.5) is 11.4 Å². The summed E-state index contributed by atoms with van der Waals surface area (Å²) in [4.78, 5) is 24.7. The van der Waals surface area contributed by atoms with E-state index < -0.39 is 11.0 Å². The Kier molecular flexibility index (Phi) is 4.98. The molecule has 1 aromatic carbocycles. The molecule has 114 valence electrons. The summed E-state index contributed by atoms with van der Waals surface area (Å²) in [5, 5.41) is 17.2. The van der Waals surface area contributed by atoms with Gasteiger partial charge in [-0.2, -0.15) is 0 Å². The molecule has 1 unspecified atom stereocenters. The van der Waals surface area contributed by atoms with Gasteiger partial charge in [-0.05, 0) is 19.1 Å². The summed E-state index contributed by atoms with van der Waals surface area (Å²) in [6.45, 7) is 3.94. The number of amides is 1. The summed E-state index contributed by atoms with van der Waals surface area (Å²) < 4.78 is 0. The Balaban J connectivity index is 2.40. The second-order valence-corrected chi connectivity index (χ2v) is 5.08. The van der Waals surface area contributed by atoms with Gasteiger partial charge < -0.3 is 15.5 Å². The first-order chi connectivity index (χ1) is 10.1. The fourth-order valence-corrected chi connectivity index (χ4v) is 2.67. The number of nitro benzene ring substituents is 1. The number of hydrogen-bond donors (Lipinski definition) is 2. The number of nitro groups is 1. The van der Waals surface area contributed by atoms with Crippen molar-refractivity contribution in [2.24, 2.45) is 0 Å². The standard InChI is InChI=1S/C13H17ClN4O3/c1-2-16-13(19)11-8-15-6-7-17(11)10-5-3-4-9(14)12(10)18(20)21/h3-5,11,15H,2,6-8H2,1H3,(H,16,19). The normalized spacial score (nSPS) is 18.4. The van der Waals surface area contributed by atoms with Gasteiger partial charge in [0.1, 0.15) is 16.8 Å². The summed E-state index contributed by atoms with van der Waals surface area (Å²) >= 11 is 5.95. The van der Waals surface area contributed by atoms with Gasteiger partial charge in [0.05, 0.1) is 4.92 Å². The Hall–Kier alpha value is -1.86. The first kappa shape index (κ1) is 15.5. The van der Waals surface area contributed by atoms with E-state index in [-0.39, 0.29) is 16.6 Å². The van der Waals surface area contributed by atoms with Crippen molar-refractivity contribution in [2.75, 3.05) is 31.1 Å². The lowest BCUT2D eigenvalue weighted by atomic mass is 10.1. The molecule has 0 bridgehead atoms. The maximum atomic E-state index is 12.2. The van der Waals surface area contributed by atoms with Crippen molar-refractivity contribution in [3.8, 4) is 0 Å².